The maximum atomic E-state index is 13.0. The van der Waals surface area contributed by atoms with Crippen molar-refractivity contribution in [1.82, 2.24) is 4.57 Å². The molecule has 0 fully saturated rings. The molecule has 0 spiro atoms. The number of hydrogen-bond acceptors (Lipinski definition) is 4. The third kappa shape index (κ3) is 3.77. The Labute approximate surface area is 170 Å². The van der Waals surface area contributed by atoms with Gasteiger partial charge in [0.2, 0.25) is 0 Å². The van der Waals surface area contributed by atoms with Gasteiger partial charge in [-0.3, -0.25) is 9.36 Å². The van der Waals surface area contributed by atoms with Crippen LogP contribution in [0.5, 0.6) is 0 Å². The molecule has 1 aliphatic heterocycles. The smallest absolute Gasteiger partial charge is 0.334 e. The fourth-order valence-corrected chi connectivity index (χ4v) is 4.28. The van der Waals surface area contributed by atoms with E-state index in [4.69, 9.17) is 0 Å². The van der Waals surface area contributed by atoms with Crippen LogP contribution in [0.25, 0.3) is 6.08 Å². The number of alkyl halides is 3. The zero-order chi connectivity index (χ0) is 19.9. The predicted octanol–water partition coefficient (Wildman–Crippen LogP) is 3.57. The summed E-state index contributed by atoms with van der Waals surface area (Å²) in [4.78, 5) is 19.4. The zero-order valence-electron chi connectivity index (χ0n) is 14.3. The molecule has 0 aliphatic carbocycles. The molecule has 0 saturated carbocycles. The first kappa shape index (κ1) is 18.9. The van der Waals surface area contributed by atoms with Crippen LogP contribution in [0.3, 0.4) is 0 Å². The average Bonchev–Trinajstić information content (AvgIpc) is 2.96. The van der Waals surface area contributed by atoms with Crippen LogP contribution in [0.15, 0.2) is 62.8 Å². The summed E-state index contributed by atoms with van der Waals surface area (Å²) in [5, 5.41) is 0. The molecule has 0 saturated heterocycles. The van der Waals surface area contributed by atoms with Crippen molar-refractivity contribution in [3.05, 3.63) is 83.8 Å². The molecule has 0 amide bonds. The molecule has 3 aromatic rings. The van der Waals surface area contributed by atoms with Crippen molar-refractivity contribution in [3.8, 4) is 0 Å². The van der Waals surface area contributed by atoms with Crippen molar-refractivity contribution < 1.29 is 13.2 Å². The van der Waals surface area contributed by atoms with Crippen molar-refractivity contribution in [3.63, 3.8) is 0 Å². The molecule has 28 heavy (non-hydrogen) atoms. The highest BCUT2D eigenvalue weighted by Gasteiger charge is 2.31. The molecule has 1 aliphatic rings. The minimum Gasteiger partial charge on any atom is -0.334 e. The van der Waals surface area contributed by atoms with Gasteiger partial charge in [0.25, 0.3) is 5.56 Å². The summed E-state index contributed by atoms with van der Waals surface area (Å²) >= 11 is 4.67. The lowest BCUT2D eigenvalue weighted by atomic mass is 10.2. The summed E-state index contributed by atoms with van der Waals surface area (Å²) in [5.74, 6) is 0. The second kappa shape index (κ2) is 7.21. The molecule has 144 valence electrons. The molecule has 1 aromatic heterocycles. The summed E-state index contributed by atoms with van der Waals surface area (Å²) in [6.07, 6.45) is -2.63. The summed E-state index contributed by atoms with van der Waals surface area (Å²) in [5.41, 5.74) is 0.317. The van der Waals surface area contributed by atoms with E-state index in [0.29, 0.717) is 15.0 Å². The van der Waals surface area contributed by atoms with Crippen LogP contribution in [0.4, 0.5) is 18.9 Å². The average molecular weight is 468 g/mol. The molecule has 9 heteroatoms. The highest BCUT2D eigenvalue weighted by molar-refractivity contribution is 9.10. The Morgan fingerprint density at radius 3 is 2.68 bits per heavy atom. The maximum absolute atomic E-state index is 13.0. The zero-order valence-corrected chi connectivity index (χ0v) is 16.7. The van der Waals surface area contributed by atoms with Crippen LogP contribution in [0.2, 0.25) is 0 Å². The van der Waals surface area contributed by atoms with Gasteiger partial charge in [0, 0.05) is 10.2 Å². The first-order chi connectivity index (χ1) is 13.3. The Morgan fingerprint density at radius 1 is 1.14 bits per heavy atom. The minimum atomic E-state index is -4.42. The first-order valence-electron chi connectivity index (χ1n) is 8.25. The van der Waals surface area contributed by atoms with Crippen molar-refractivity contribution in [1.29, 1.82) is 0 Å². The maximum Gasteiger partial charge on any atom is 0.416 e. The van der Waals surface area contributed by atoms with E-state index in [1.165, 1.54) is 22.0 Å². The van der Waals surface area contributed by atoms with Gasteiger partial charge in [0.15, 0.2) is 4.80 Å². The number of hydrogen-bond donors (Lipinski definition) is 0. The number of nitrogens with zero attached hydrogens (tertiary/aromatic N) is 3. The molecular formula is C19H13BrF3N3OS. The lowest BCUT2D eigenvalue weighted by molar-refractivity contribution is -0.137. The van der Waals surface area contributed by atoms with E-state index in [0.717, 1.165) is 22.2 Å². The standard InChI is InChI=1S/C19H13BrF3N3OS/c20-14-5-1-3-12(7-14)8-16-17(27)26-11-25(10-24-18(26)28-16)15-6-2-4-13(9-15)19(21,22)23/h1-9H,10-11H2/b16-8-. The number of rotatable bonds is 2. The number of fused-ring (bicyclic) bond motifs is 1. The normalized spacial score (nSPS) is 14.7. The molecule has 0 bridgehead atoms. The van der Waals surface area contributed by atoms with Crippen LogP contribution < -0.4 is 19.8 Å². The third-order valence-electron chi connectivity index (χ3n) is 4.26. The van der Waals surface area contributed by atoms with Gasteiger partial charge in [-0.1, -0.05) is 45.5 Å². The number of anilines is 1. The number of aromatic nitrogens is 1. The lowest BCUT2D eigenvalue weighted by Gasteiger charge is -2.26. The van der Waals surface area contributed by atoms with Crippen LogP contribution in [-0.4, -0.2) is 11.2 Å². The molecular weight excluding hydrogens is 455 g/mol. The van der Waals surface area contributed by atoms with Crippen molar-refractivity contribution >= 4 is 39.0 Å². The Bertz CT molecular complexity index is 1220. The van der Waals surface area contributed by atoms with E-state index in [9.17, 15) is 18.0 Å². The fraction of sp³-hybridized carbons (Fsp3) is 0.158. The molecule has 4 nitrogen and oxygen atoms in total. The van der Waals surface area contributed by atoms with E-state index < -0.39 is 11.7 Å². The molecule has 2 heterocycles. The first-order valence-corrected chi connectivity index (χ1v) is 9.86. The fourth-order valence-electron chi connectivity index (χ4n) is 2.90. The minimum absolute atomic E-state index is 0.155. The SMILES string of the molecule is O=c1/c(=C/c2cccc(Br)c2)sc2n1CN(c1cccc(C(F)(F)F)c1)CN=2. The topological polar surface area (TPSA) is 37.6 Å². The highest BCUT2D eigenvalue weighted by atomic mass is 79.9. The van der Waals surface area contributed by atoms with Gasteiger partial charge in [-0.05, 0) is 42.0 Å². The van der Waals surface area contributed by atoms with Gasteiger partial charge in [-0.2, -0.15) is 13.2 Å². The number of halogens is 4. The van der Waals surface area contributed by atoms with Gasteiger partial charge < -0.3 is 4.90 Å². The lowest BCUT2D eigenvalue weighted by Crippen LogP contribution is -2.42. The Kier molecular flexibility index (Phi) is 4.88. The van der Waals surface area contributed by atoms with Crippen molar-refractivity contribution in [2.24, 2.45) is 4.99 Å². The van der Waals surface area contributed by atoms with Crippen LogP contribution in [-0.2, 0) is 12.8 Å². The molecule has 0 atom stereocenters. The van der Waals surface area contributed by atoms with E-state index in [2.05, 4.69) is 20.9 Å². The number of thiazole rings is 1. The summed E-state index contributed by atoms with van der Waals surface area (Å²) < 4.78 is 41.8. The van der Waals surface area contributed by atoms with Gasteiger partial charge in [0.05, 0.1) is 10.1 Å². The van der Waals surface area contributed by atoms with E-state index >= 15 is 0 Å². The summed E-state index contributed by atoms with van der Waals surface area (Å²) in [6.45, 7) is 0.347. The molecule has 4 rings (SSSR count). The van der Waals surface area contributed by atoms with E-state index in [-0.39, 0.29) is 18.9 Å². The van der Waals surface area contributed by atoms with Crippen LogP contribution in [0, 0.1) is 0 Å². The van der Waals surface area contributed by atoms with Crippen LogP contribution >= 0.6 is 27.3 Å². The Morgan fingerprint density at radius 2 is 1.93 bits per heavy atom. The molecule has 0 N–H and O–H groups in total. The van der Waals surface area contributed by atoms with Crippen molar-refractivity contribution in [2.45, 2.75) is 12.8 Å². The second-order valence-corrected chi connectivity index (χ2v) is 8.14. The van der Waals surface area contributed by atoms with Gasteiger partial charge >= 0.3 is 6.18 Å². The van der Waals surface area contributed by atoms with Gasteiger partial charge in [-0.25, -0.2) is 4.99 Å². The van der Waals surface area contributed by atoms with E-state index in [1.54, 1.807) is 17.0 Å². The number of benzene rings is 2. The largest absolute Gasteiger partial charge is 0.416 e. The second-order valence-electron chi connectivity index (χ2n) is 6.21. The monoisotopic (exact) mass is 467 g/mol. The quantitative estimate of drug-likeness (QED) is 0.577. The molecule has 0 unspecified atom stereocenters. The Balaban J connectivity index is 1.69. The molecule has 2 aromatic carbocycles. The van der Waals surface area contributed by atoms with Gasteiger partial charge in [0.1, 0.15) is 13.3 Å². The third-order valence-corrected chi connectivity index (χ3v) is 5.80. The van der Waals surface area contributed by atoms with E-state index in [1.807, 2.05) is 24.3 Å². The van der Waals surface area contributed by atoms with Crippen LogP contribution in [0.1, 0.15) is 11.1 Å². The van der Waals surface area contributed by atoms with Gasteiger partial charge in [-0.15, -0.1) is 0 Å². The van der Waals surface area contributed by atoms with Crippen molar-refractivity contribution in [2.75, 3.05) is 11.6 Å². The summed E-state index contributed by atoms with van der Waals surface area (Å²) in [7, 11) is 0. The highest BCUT2D eigenvalue weighted by Crippen LogP contribution is 2.31. The predicted molar refractivity (Wildman–Crippen MR) is 106 cm³/mol. The Hall–Kier alpha value is -2.39. The summed E-state index contributed by atoms with van der Waals surface area (Å²) in [6, 6.07) is 12.6. The molecule has 0 radical (unpaired) electrons.